The maximum atomic E-state index is 12.2. The number of hydrogen-bond donors (Lipinski definition) is 0. The lowest BCUT2D eigenvalue weighted by Crippen LogP contribution is -2.09. The molecule has 0 atom stereocenters. The van der Waals surface area contributed by atoms with Gasteiger partial charge in [0.05, 0.1) is 5.56 Å². The molecule has 0 spiro atoms. The van der Waals surface area contributed by atoms with Crippen molar-refractivity contribution in [1.82, 2.24) is 0 Å². The molecule has 0 aromatic heterocycles. The number of esters is 1. The Balaban J connectivity index is 2.02. The lowest BCUT2D eigenvalue weighted by atomic mass is 10.2. The van der Waals surface area contributed by atoms with Crippen LogP contribution in [-0.2, 0) is 11.3 Å². The highest BCUT2D eigenvalue weighted by Gasteiger charge is 2.12. The van der Waals surface area contributed by atoms with Gasteiger partial charge in [0, 0.05) is 4.47 Å². The molecule has 0 N–H and O–H groups in total. The molecule has 2 rings (SSSR count). The van der Waals surface area contributed by atoms with E-state index in [1.165, 1.54) is 12.1 Å². The van der Waals surface area contributed by atoms with Crippen LogP contribution in [-0.4, -0.2) is 19.0 Å². The van der Waals surface area contributed by atoms with Gasteiger partial charge < -0.3 is 9.47 Å². The van der Waals surface area contributed by atoms with Gasteiger partial charge in [-0.05, 0) is 23.8 Å². The molecule has 0 saturated carbocycles. The molecule has 0 unspecified atom stereocenters. The Morgan fingerprint density at radius 1 is 1.14 bits per heavy atom. The third-order valence-corrected chi connectivity index (χ3v) is 3.15. The zero-order valence-electron chi connectivity index (χ0n) is 11.5. The Hall–Kier alpha value is -1.95. The van der Waals surface area contributed by atoms with Crippen LogP contribution in [0.25, 0.3) is 0 Å². The highest BCUT2D eigenvalue weighted by Crippen LogP contribution is 2.23. The summed E-state index contributed by atoms with van der Waals surface area (Å²) in [7, 11) is 0. The van der Waals surface area contributed by atoms with Gasteiger partial charge in [-0.2, -0.15) is 0 Å². The first kappa shape index (κ1) is 16.4. The summed E-state index contributed by atoms with van der Waals surface area (Å²) in [5.74, 6) is -0.367. The van der Waals surface area contributed by atoms with Gasteiger partial charge in [0.25, 0.3) is 6.43 Å². The second kappa shape index (κ2) is 7.89. The molecule has 3 nitrogen and oxygen atoms in total. The maximum Gasteiger partial charge on any atom is 0.338 e. The quantitative estimate of drug-likeness (QED) is 0.704. The van der Waals surface area contributed by atoms with Gasteiger partial charge in [-0.3, -0.25) is 0 Å². The molecule has 116 valence electrons. The lowest BCUT2D eigenvalue weighted by molar-refractivity contribution is 0.0471. The first-order chi connectivity index (χ1) is 10.5. The zero-order valence-corrected chi connectivity index (χ0v) is 13.1. The Bertz CT molecular complexity index is 633. The molecule has 0 fully saturated rings. The molecule has 0 radical (unpaired) electrons. The molecule has 0 aliphatic rings. The van der Waals surface area contributed by atoms with Crippen LogP contribution in [0.5, 0.6) is 5.75 Å². The molecule has 0 amide bonds. The van der Waals surface area contributed by atoms with Crippen LogP contribution in [0.1, 0.15) is 15.9 Å². The Morgan fingerprint density at radius 2 is 1.86 bits per heavy atom. The highest BCUT2D eigenvalue weighted by atomic mass is 79.9. The van der Waals surface area contributed by atoms with Crippen molar-refractivity contribution in [2.75, 3.05) is 6.61 Å². The van der Waals surface area contributed by atoms with Crippen molar-refractivity contribution in [3.8, 4) is 5.75 Å². The van der Waals surface area contributed by atoms with Crippen LogP contribution in [0, 0.1) is 0 Å². The van der Waals surface area contributed by atoms with Crippen molar-refractivity contribution >= 4 is 21.9 Å². The van der Waals surface area contributed by atoms with Gasteiger partial charge in [0.2, 0.25) is 0 Å². The van der Waals surface area contributed by atoms with E-state index in [-0.39, 0.29) is 17.9 Å². The largest absolute Gasteiger partial charge is 0.488 e. The Labute approximate surface area is 135 Å². The predicted octanol–water partition coefficient (Wildman–Crippen LogP) is 4.45. The second-order valence-electron chi connectivity index (χ2n) is 4.44. The fraction of sp³-hybridized carbons (Fsp3) is 0.188. The van der Waals surface area contributed by atoms with E-state index in [1.54, 1.807) is 6.07 Å². The maximum absolute atomic E-state index is 12.2. The zero-order chi connectivity index (χ0) is 15.9. The topological polar surface area (TPSA) is 35.5 Å². The summed E-state index contributed by atoms with van der Waals surface area (Å²) in [5, 5.41) is 0. The first-order valence-electron chi connectivity index (χ1n) is 6.47. The Morgan fingerprint density at radius 3 is 2.55 bits per heavy atom. The molecule has 0 bridgehead atoms. The molecule has 2 aromatic rings. The third-order valence-electron chi connectivity index (χ3n) is 2.70. The van der Waals surface area contributed by atoms with Gasteiger partial charge in [0.15, 0.2) is 0 Å². The molecule has 0 aliphatic heterocycles. The minimum atomic E-state index is -2.58. The summed E-state index contributed by atoms with van der Waals surface area (Å²) >= 11 is 3.21. The van der Waals surface area contributed by atoms with Crippen molar-refractivity contribution in [2.24, 2.45) is 0 Å². The number of carbonyl (C=O) groups is 1. The first-order valence-corrected chi connectivity index (χ1v) is 7.26. The molecule has 2 aromatic carbocycles. The van der Waals surface area contributed by atoms with Crippen LogP contribution in [0.15, 0.2) is 53.0 Å². The van der Waals surface area contributed by atoms with Crippen molar-refractivity contribution < 1.29 is 23.0 Å². The SMILES string of the molecule is O=C(OCc1ccccc1)c1cc(Br)cc(OCC(F)F)c1. The van der Waals surface area contributed by atoms with Crippen molar-refractivity contribution in [3.05, 3.63) is 64.1 Å². The summed E-state index contributed by atoms with van der Waals surface area (Å²) in [6.45, 7) is -0.589. The van der Waals surface area contributed by atoms with Crippen molar-refractivity contribution in [2.45, 2.75) is 13.0 Å². The minimum absolute atomic E-state index is 0.138. The van der Waals surface area contributed by atoms with Gasteiger partial charge in [-0.15, -0.1) is 0 Å². The van der Waals surface area contributed by atoms with E-state index >= 15 is 0 Å². The molecule has 0 saturated heterocycles. The van der Waals surface area contributed by atoms with E-state index in [0.29, 0.717) is 4.47 Å². The van der Waals surface area contributed by atoms with Crippen LogP contribution in [0.4, 0.5) is 8.78 Å². The Kier molecular flexibility index (Phi) is 5.89. The smallest absolute Gasteiger partial charge is 0.338 e. The summed E-state index contributed by atoms with van der Waals surface area (Å²) in [4.78, 5) is 12.0. The van der Waals surface area contributed by atoms with E-state index in [1.807, 2.05) is 30.3 Å². The van der Waals surface area contributed by atoms with E-state index in [2.05, 4.69) is 15.9 Å². The standard InChI is InChI=1S/C16H13BrF2O3/c17-13-6-12(7-14(8-13)21-10-15(18)19)16(20)22-9-11-4-2-1-3-5-11/h1-8,15H,9-10H2. The average molecular weight is 371 g/mol. The number of carbonyl (C=O) groups excluding carboxylic acids is 1. The number of ether oxygens (including phenoxy) is 2. The van der Waals surface area contributed by atoms with Crippen LogP contribution in [0.2, 0.25) is 0 Å². The normalized spacial score (nSPS) is 10.5. The van der Waals surface area contributed by atoms with Crippen LogP contribution in [0.3, 0.4) is 0 Å². The van der Waals surface area contributed by atoms with Crippen LogP contribution >= 0.6 is 15.9 Å². The minimum Gasteiger partial charge on any atom is -0.488 e. The van der Waals surface area contributed by atoms with Gasteiger partial charge in [0.1, 0.15) is 19.0 Å². The molecular formula is C16H13BrF2O3. The van der Waals surface area contributed by atoms with Crippen molar-refractivity contribution in [3.63, 3.8) is 0 Å². The molecular weight excluding hydrogens is 358 g/mol. The van der Waals surface area contributed by atoms with E-state index in [4.69, 9.17) is 9.47 Å². The molecule has 6 heteroatoms. The van der Waals surface area contributed by atoms with Crippen LogP contribution < -0.4 is 4.74 Å². The van der Waals surface area contributed by atoms with E-state index < -0.39 is 19.0 Å². The monoisotopic (exact) mass is 370 g/mol. The highest BCUT2D eigenvalue weighted by molar-refractivity contribution is 9.10. The number of alkyl halides is 2. The van der Waals surface area contributed by atoms with Crippen molar-refractivity contribution in [1.29, 1.82) is 0 Å². The summed E-state index contributed by atoms with van der Waals surface area (Å²) < 4.78 is 35.0. The molecule has 0 heterocycles. The fourth-order valence-electron chi connectivity index (χ4n) is 1.73. The predicted molar refractivity (Wildman–Crippen MR) is 81.2 cm³/mol. The summed E-state index contributed by atoms with van der Waals surface area (Å²) in [5.41, 5.74) is 1.09. The van der Waals surface area contributed by atoms with Gasteiger partial charge in [-0.25, -0.2) is 13.6 Å². The molecule has 22 heavy (non-hydrogen) atoms. The molecule has 0 aliphatic carbocycles. The summed E-state index contributed by atoms with van der Waals surface area (Å²) in [6.07, 6.45) is -2.58. The lowest BCUT2D eigenvalue weighted by Gasteiger charge is -2.09. The second-order valence-corrected chi connectivity index (χ2v) is 5.36. The number of rotatable bonds is 6. The fourth-order valence-corrected chi connectivity index (χ4v) is 2.20. The third kappa shape index (κ3) is 5.11. The van der Waals surface area contributed by atoms with E-state index in [0.717, 1.165) is 5.56 Å². The van der Waals surface area contributed by atoms with Gasteiger partial charge >= 0.3 is 5.97 Å². The number of hydrogen-bond acceptors (Lipinski definition) is 3. The summed E-state index contributed by atoms with van der Waals surface area (Å²) in [6, 6.07) is 13.7. The number of benzene rings is 2. The average Bonchev–Trinajstić information content (AvgIpc) is 2.51. The van der Waals surface area contributed by atoms with E-state index in [9.17, 15) is 13.6 Å². The van der Waals surface area contributed by atoms with Gasteiger partial charge in [-0.1, -0.05) is 46.3 Å². The number of halogens is 3.